The molecule has 0 aliphatic heterocycles. The van der Waals surface area contributed by atoms with Gasteiger partial charge in [0.25, 0.3) is 0 Å². The summed E-state index contributed by atoms with van der Waals surface area (Å²) in [7, 11) is 1.29. The predicted molar refractivity (Wildman–Crippen MR) is 58.3 cm³/mol. The van der Waals surface area contributed by atoms with Crippen LogP contribution in [0.3, 0.4) is 0 Å². The van der Waals surface area contributed by atoms with Crippen molar-refractivity contribution in [2.24, 2.45) is 5.92 Å². The Balaban J connectivity index is 2.78. The van der Waals surface area contributed by atoms with Gasteiger partial charge in [0.2, 0.25) is 0 Å². The molecule has 1 rings (SSSR count). The molecule has 15 heavy (non-hydrogen) atoms. The number of methoxy groups -OCH3 is 1. The number of carbonyl (C=O) groups is 1. The van der Waals surface area contributed by atoms with Crippen LogP contribution in [-0.2, 0) is 9.47 Å². The van der Waals surface area contributed by atoms with Gasteiger partial charge < -0.3 is 9.47 Å². The molecule has 0 saturated carbocycles. The van der Waals surface area contributed by atoms with Gasteiger partial charge in [-0.3, -0.25) is 0 Å². The zero-order chi connectivity index (χ0) is 11.4. The predicted octanol–water partition coefficient (Wildman–Crippen LogP) is 3.20. The lowest BCUT2D eigenvalue weighted by Crippen LogP contribution is -2.10. The van der Waals surface area contributed by atoms with Crippen molar-refractivity contribution in [3.8, 4) is 0 Å². The summed E-state index contributed by atoms with van der Waals surface area (Å²) >= 11 is 0. The third-order valence-electron chi connectivity index (χ3n) is 2.41. The SMILES string of the molecule is C=C(C)[C@@H]1C=C(OC(=O)OC)C(C)=CC1. The largest absolute Gasteiger partial charge is 0.513 e. The highest BCUT2D eigenvalue weighted by atomic mass is 16.7. The zero-order valence-corrected chi connectivity index (χ0v) is 9.37. The Morgan fingerprint density at radius 3 is 2.80 bits per heavy atom. The highest BCUT2D eigenvalue weighted by Crippen LogP contribution is 2.27. The van der Waals surface area contributed by atoms with Gasteiger partial charge in [0.15, 0.2) is 0 Å². The second kappa shape index (κ2) is 4.82. The molecule has 0 aromatic carbocycles. The van der Waals surface area contributed by atoms with Gasteiger partial charge >= 0.3 is 6.16 Å². The van der Waals surface area contributed by atoms with Crippen LogP contribution < -0.4 is 0 Å². The molecule has 0 spiro atoms. The second-order valence-electron chi connectivity index (χ2n) is 3.66. The molecule has 0 unspecified atom stereocenters. The maximum Gasteiger partial charge on any atom is 0.513 e. The monoisotopic (exact) mass is 208 g/mol. The molecule has 0 N–H and O–H groups in total. The number of hydrogen-bond acceptors (Lipinski definition) is 3. The lowest BCUT2D eigenvalue weighted by atomic mass is 9.91. The maximum absolute atomic E-state index is 11.0. The Labute approximate surface area is 90.1 Å². The molecule has 1 aliphatic rings. The fraction of sp³-hybridized carbons (Fsp3) is 0.417. The standard InChI is InChI=1S/C12H16O3/c1-8(2)10-6-5-9(3)11(7-10)15-12(13)14-4/h5,7,10H,1,6H2,2-4H3/t10-/m0/s1. The first kappa shape index (κ1) is 11.6. The fourth-order valence-electron chi connectivity index (χ4n) is 1.38. The molecular weight excluding hydrogens is 192 g/mol. The minimum absolute atomic E-state index is 0.244. The third-order valence-corrected chi connectivity index (χ3v) is 2.41. The molecule has 0 amide bonds. The van der Waals surface area contributed by atoms with Crippen molar-refractivity contribution in [2.45, 2.75) is 20.3 Å². The van der Waals surface area contributed by atoms with Crippen molar-refractivity contribution >= 4 is 6.16 Å². The first-order valence-corrected chi connectivity index (χ1v) is 4.84. The molecular formula is C12H16O3. The van der Waals surface area contributed by atoms with Crippen LogP contribution in [0.4, 0.5) is 4.79 Å². The Morgan fingerprint density at radius 2 is 2.27 bits per heavy atom. The van der Waals surface area contributed by atoms with Crippen molar-refractivity contribution in [2.75, 3.05) is 7.11 Å². The van der Waals surface area contributed by atoms with E-state index in [1.54, 1.807) is 0 Å². The summed E-state index contributed by atoms with van der Waals surface area (Å²) in [4.78, 5) is 11.0. The van der Waals surface area contributed by atoms with Crippen molar-refractivity contribution in [1.29, 1.82) is 0 Å². The van der Waals surface area contributed by atoms with Crippen molar-refractivity contribution in [1.82, 2.24) is 0 Å². The fourth-order valence-corrected chi connectivity index (χ4v) is 1.38. The summed E-state index contributed by atoms with van der Waals surface area (Å²) in [5.74, 6) is 0.814. The molecule has 0 bridgehead atoms. The molecule has 82 valence electrons. The lowest BCUT2D eigenvalue weighted by molar-refractivity contribution is 0.0981. The number of carbonyl (C=O) groups excluding carboxylic acids is 1. The average Bonchev–Trinajstić information content (AvgIpc) is 2.20. The summed E-state index contributed by atoms with van der Waals surface area (Å²) in [5.41, 5.74) is 2.02. The highest BCUT2D eigenvalue weighted by molar-refractivity contribution is 5.62. The van der Waals surface area contributed by atoms with Crippen molar-refractivity contribution in [3.63, 3.8) is 0 Å². The molecule has 3 heteroatoms. The van der Waals surface area contributed by atoms with E-state index >= 15 is 0 Å². The van der Waals surface area contributed by atoms with E-state index in [0.29, 0.717) is 5.76 Å². The molecule has 1 atom stereocenters. The van der Waals surface area contributed by atoms with Crippen LogP contribution in [0.25, 0.3) is 0 Å². The molecule has 0 saturated heterocycles. The Hall–Kier alpha value is -1.51. The summed E-state index contributed by atoms with van der Waals surface area (Å²) < 4.78 is 9.47. The van der Waals surface area contributed by atoms with Gasteiger partial charge in [-0.25, -0.2) is 4.79 Å². The first-order chi connectivity index (χ1) is 7.04. The highest BCUT2D eigenvalue weighted by Gasteiger charge is 2.17. The quantitative estimate of drug-likeness (QED) is 0.516. The van der Waals surface area contributed by atoms with Gasteiger partial charge in [-0.1, -0.05) is 18.2 Å². The summed E-state index contributed by atoms with van der Waals surface area (Å²) in [6.07, 6.45) is 4.18. The van der Waals surface area contributed by atoms with E-state index in [-0.39, 0.29) is 5.92 Å². The minimum atomic E-state index is -0.684. The Bertz CT molecular complexity index is 337. The van der Waals surface area contributed by atoms with E-state index < -0.39 is 6.16 Å². The van der Waals surface area contributed by atoms with E-state index in [1.807, 2.05) is 26.0 Å². The molecule has 0 aromatic rings. The van der Waals surface area contributed by atoms with Gasteiger partial charge in [0, 0.05) is 5.92 Å². The van der Waals surface area contributed by atoms with Crippen LogP contribution in [0.5, 0.6) is 0 Å². The Kier molecular flexibility index (Phi) is 3.72. The summed E-state index contributed by atoms with van der Waals surface area (Å²) in [5, 5.41) is 0. The van der Waals surface area contributed by atoms with Gasteiger partial charge in [-0.15, -0.1) is 0 Å². The first-order valence-electron chi connectivity index (χ1n) is 4.84. The van der Waals surface area contributed by atoms with Gasteiger partial charge in [-0.2, -0.15) is 0 Å². The number of allylic oxidation sites excluding steroid dienone is 4. The maximum atomic E-state index is 11.0. The van der Waals surface area contributed by atoms with E-state index in [1.165, 1.54) is 7.11 Å². The van der Waals surface area contributed by atoms with Crippen LogP contribution in [-0.4, -0.2) is 13.3 Å². The van der Waals surface area contributed by atoms with Crippen LogP contribution in [0.1, 0.15) is 20.3 Å². The molecule has 0 fully saturated rings. The Morgan fingerprint density at radius 1 is 1.60 bits per heavy atom. The van der Waals surface area contributed by atoms with E-state index in [2.05, 4.69) is 11.3 Å². The van der Waals surface area contributed by atoms with E-state index in [0.717, 1.165) is 17.6 Å². The zero-order valence-electron chi connectivity index (χ0n) is 9.37. The minimum Gasteiger partial charge on any atom is -0.437 e. The van der Waals surface area contributed by atoms with E-state index in [9.17, 15) is 4.79 Å². The lowest BCUT2D eigenvalue weighted by Gasteiger charge is -2.19. The molecule has 0 heterocycles. The van der Waals surface area contributed by atoms with Crippen molar-refractivity contribution < 1.29 is 14.3 Å². The second-order valence-corrected chi connectivity index (χ2v) is 3.66. The average molecular weight is 208 g/mol. The number of ether oxygens (including phenoxy) is 2. The molecule has 0 aromatic heterocycles. The number of hydrogen-bond donors (Lipinski definition) is 0. The van der Waals surface area contributed by atoms with Crippen LogP contribution in [0, 0.1) is 5.92 Å². The van der Waals surface area contributed by atoms with Crippen LogP contribution in [0.2, 0.25) is 0 Å². The van der Waals surface area contributed by atoms with Gasteiger partial charge in [0.05, 0.1) is 7.11 Å². The van der Waals surface area contributed by atoms with Crippen LogP contribution in [0.15, 0.2) is 35.6 Å². The normalized spacial score (nSPS) is 20.1. The van der Waals surface area contributed by atoms with Crippen LogP contribution >= 0.6 is 0 Å². The molecule has 0 radical (unpaired) electrons. The van der Waals surface area contributed by atoms with Gasteiger partial charge in [-0.05, 0) is 31.9 Å². The smallest absolute Gasteiger partial charge is 0.437 e. The van der Waals surface area contributed by atoms with E-state index in [4.69, 9.17) is 4.74 Å². The van der Waals surface area contributed by atoms with Gasteiger partial charge in [0.1, 0.15) is 5.76 Å². The number of rotatable bonds is 2. The molecule has 3 nitrogen and oxygen atoms in total. The summed E-state index contributed by atoms with van der Waals surface area (Å²) in [6, 6.07) is 0. The third kappa shape index (κ3) is 2.98. The van der Waals surface area contributed by atoms with Crippen molar-refractivity contribution in [3.05, 3.63) is 35.6 Å². The topological polar surface area (TPSA) is 35.5 Å². The summed E-state index contributed by atoms with van der Waals surface area (Å²) in [6.45, 7) is 7.76. The molecule has 1 aliphatic carbocycles.